The molecule has 0 unspecified atom stereocenters. The molecule has 6 heteroatoms. The first-order valence-corrected chi connectivity index (χ1v) is 8.07. The molecule has 3 rings (SSSR count). The zero-order valence-corrected chi connectivity index (χ0v) is 12.8. The van der Waals surface area contributed by atoms with Gasteiger partial charge in [0.25, 0.3) is 15.8 Å². The summed E-state index contributed by atoms with van der Waals surface area (Å²) in [6.45, 7) is 3.55. The van der Waals surface area contributed by atoms with E-state index in [1.165, 1.54) is 24.3 Å². The molecule has 112 valence electrons. The molecule has 22 heavy (non-hydrogen) atoms. The van der Waals surface area contributed by atoms with E-state index < -0.39 is 21.7 Å². The Morgan fingerprint density at radius 3 is 2.14 bits per heavy atom. The highest BCUT2D eigenvalue weighted by atomic mass is 32.2. The smallest absolute Gasteiger partial charge is 0.283 e. The number of benzene rings is 2. The van der Waals surface area contributed by atoms with Crippen molar-refractivity contribution in [3.8, 4) is 0 Å². The molecule has 0 fully saturated rings. The fourth-order valence-electron chi connectivity index (χ4n) is 2.59. The minimum absolute atomic E-state index is 0.00264. The summed E-state index contributed by atoms with van der Waals surface area (Å²) < 4.78 is 26.2. The zero-order valence-electron chi connectivity index (χ0n) is 12.0. The van der Waals surface area contributed by atoms with Crippen molar-refractivity contribution in [2.75, 3.05) is 4.31 Å². The minimum Gasteiger partial charge on any atom is -0.283 e. The van der Waals surface area contributed by atoms with Crippen molar-refractivity contribution in [2.24, 2.45) is 0 Å². The van der Waals surface area contributed by atoms with Gasteiger partial charge < -0.3 is 0 Å². The van der Waals surface area contributed by atoms with Crippen LogP contribution >= 0.6 is 0 Å². The largest absolute Gasteiger partial charge is 0.313 e. The normalized spacial score (nSPS) is 14.4. The van der Waals surface area contributed by atoms with Crippen molar-refractivity contribution in [2.45, 2.75) is 18.7 Å². The van der Waals surface area contributed by atoms with Crippen LogP contribution in [-0.4, -0.2) is 20.1 Å². The molecular formula is C16H13NO4S. The van der Waals surface area contributed by atoms with Crippen molar-refractivity contribution in [3.05, 3.63) is 59.2 Å². The lowest BCUT2D eigenvalue weighted by Crippen LogP contribution is -2.35. The number of hydrogen-bond donors (Lipinski definition) is 0. The molecule has 2 aromatic carbocycles. The van der Waals surface area contributed by atoms with Crippen LogP contribution in [0.2, 0.25) is 0 Å². The molecule has 2 aromatic rings. The monoisotopic (exact) mass is 315 g/mol. The highest BCUT2D eigenvalue weighted by Crippen LogP contribution is 2.33. The third-order valence-corrected chi connectivity index (χ3v) is 5.15. The number of aryl methyl sites for hydroxylation is 2. The van der Waals surface area contributed by atoms with Crippen molar-refractivity contribution >= 4 is 27.4 Å². The molecule has 0 radical (unpaired) electrons. The maximum atomic E-state index is 12.8. The SMILES string of the molecule is Cc1cc(C)cc(S(=O)(=O)N2C(=O)C(=O)c3ccccc32)c1. The fraction of sp³-hybridized carbons (Fsp3) is 0.125. The summed E-state index contributed by atoms with van der Waals surface area (Å²) in [5.74, 6) is -1.84. The molecule has 1 aliphatic rings. The first kappa shape index (κ1) is 14.5. The number of rotatable bonds is 2. The van der Waals surface area contributed by atoms with E-state index in [0.29, 0.717) is 4.31 Å². The number of para-hydroxylation sites is 1. The van der Waals surface area contributed by atoms with Crippen molar-refractivity contribution in [1.29, 1.82) is 0 Å². The lowest BCUT2D eigenvalue weighted by atomic mass is 10.1. The average molecular weight is 315 g/mol. The third-order valence-electron chi connectivity index (χ3n) is 3.48. The number of Topliss-reactive ketones (excluding diaryl/α,β-unsaturated/α-hetero) is 1. The second-order valence-electron chi connectivity index (χ2n) is 5.24. The van der Waals surface area contributed by atoms with E-state index in [1.54, 1.807) is 26.0 Å². The average Bonchev–Trinajstić information content (AvgIpc) is 2.71. The third kappa shape index (κ3) is 2.03. The summed E-state index contributed by atoms with van der Waals surface area (Å²) in [6, 6.07) is 10.9. The minimum atomic E-state index is -4.12. The number of anilines is 1. The number of hydrogen-bond acceptors (Lipinski definition) is 4. The number of carbonyl (C=O) groups is 2. The summed E-state index contributed by atoms with van der Waals surface area (Å²) in [7, 11) is -4.12. The number of fused-ring (bicyclic) bond motifs is 1. The molecule has 0 saturated heterocycles. The predicted octanol–water partition coefficient (Wildman–Crippen LogP) is 2.22. The molecule has 0 aliphatic carbocycles. The molecule has 0 bridgehead atoms. The van der Waals surface area contributed by atoms with Crippen molar-refractivity contribution in [1.82, 2.24) is 0 Å². The highest BCUT2D eigenvalue weighted by Gasteiger charge is 2.43. The van der Waals surface area contributed by atoms with E-state index in [2.05, 4.69) is 0 Å². The maximum absolute atomic E-state index is 12.8. The molecule has 0 atom stereocenters. The van der Waals surface area contributed by atoms with Gasteiger partial charge in [-0.3, -0.25) is 9.59 Å². The second-order valence-corrected chi connectivity index (χ2v) is 7.03. The number of carbonyl (C=O) groups excluding carboxylic acids is 2. The van der Waals surface area contributed by atoms with Gasteiger partial charge in [-0.1, -0.05) is 18.2 Å². The molecule has 1 amide bonds. The lowest BCUT2D eigenvalue weighted by Gasteiger charge is -2.17. The van der Waals surface area contributed by atoms with Crippen LogP contribution in [0.25, 0.3) is 0 Å². The Bertz CT molecular complexity index is 895. The molecule has 0 spiro atoms. The van der Waals surface area contributed by atoms with Crippen molar-refractivity contribution in [3.63, 3.8) is 0 Å². The zero-order chi connectivity index (χ0) is 16.1. The van der Waals surface area contributed by atoms with Gasteiger partial charge in [0.1, 0.15) is 0 Å². The number of amides is 1. The molecule has 1 heterocycles. The van der Waals surface area contributed by atoms with Crippen LogP contribution in [0, 0.1) is 13.8 Å². The fourth-order valence-corrected chi connectivity index (χ4v) is 4.19. The quantitative estimate of drug-likeness (QED) is 0.797. The van der Waals surface area contributed by atoms with Gasteiger partial charge in [0.2, 0.25) is 0 Å². The van der Waals surface area contributed by atoms with Crippen LogP contribution in [0.15, 0.2) is 47.4 Å². The molecule has 5 nitrogen and oxygen atoms in total. The van der Waals surface area contributed by atoms with Crippen LogP contribution in [-0.2, 0) is 14.8 Å². The van der Waals surface area contributed by atoms with Gasteiger partial charge in [-0.25, -0.2) is 8.42 Å². The second kappa shape index (κ2) is 4.78. The number of nitrogens with zero attached hydrogens (tertiary/aromatic N) is 1. The first-order chi connectivity index (χ1) is 10.3. The number of sulfonamides is 1. The highest BCUT2D eigenvalue weighted by molar-refractivity contribution is 7.93. The van der Waals surface area contributed by atoms with Gasteiger partial charge in [0.05, 0.1) is 16.1 Å². The molecule has 0 N–H and O–H groups in total. The molecule has 0 aromatic heterocycles. The summed E-state index contributed by atoms with van der Waals surface area (Å²) in [6.07, 6.45) is 0. The van der Waals surface area contributed by atoms with E-state index in [-0.39, 0.29) is 16.1 Å². The van der Waals surface area contributed by atoms with E-state index >= 15 is 0 Å². The Kier molecular flexibility index (Phi) is 3.14. The summed E-state index contributed by atoms with van der Waals surface area (Å²) in [5, 5.41) is 0. The van der Waals surface area contributed by atoms with Gasteiger partial charge in [-0.2, -0.15) is 4.31 Å². The predicted molar refractivity (Wildman–Crippen MR) is 81.4 cm³/mol. The Hall–Kier alpha value is -2.47. The number of ketones is 1. The van der Waals surface area contributed by atoms with Crippen molar-refractivity contribution < 1.29 is 18.0 Å². The van der Waals surface area contributed by atoms with Crippen LogP contribution in [0.3, 0.4) is 0 Å². The molecule has 1 aliphatic heterocycles. The van der Waals surface area contributed by atoms with Gasteiger partial charge in [-0.05, 0) is 49.2 Å². The molecular weight excluding hydrogens is 302 g/mol. The van der Waals surface area contributed by atoms with Gasteiger partial charge in [-0.15, -0.1) is 0 Å². The van der Waals surface area contributed by atoms with Gasteiger partial charge >= 0.3 is 5.91 Å². The van der Waals surface area contributed by atoms with Crippen LogP contribution in [0.5, 0.6) is 0 Å². The Balaban J connectivity index is 2.22. The standard InChI is InChI=1S/C16H13NO4S/c1-10-7-11(2)9-12(8-10)22(20,21)17-14-6-4-3-5-13(14)15(18)16(17)19/h3-9H,1-2H3. The maximum Gasteiger partial charge on any atom is 0.313 e. The van der Waals surface area contributed by atoms with Gasteiger partial charge in [0.15, 0.2) is 0 Å². The first-order valence-electron chi connectivity index (χ1n) is 6.63. The Labute approximate surface area is 128 Å². The van der Waals surface area contributed by atoms with Gasteiger partial charge in [0, 0.05) is 0 Å². The molecule has 0 saturated carbocycles. The van der Waals surface area contributed by atoms with Crippen LogP contribution < -0.4 is 4.31 Å². The van der Waals surface area contributed by atoms with E-state index in [9.17, 15) is 18.0 Å². The Morgan fingerprint density at radius 2 is 1.50 bits per heavy atom. The van der Waals surface area contributed by atoms with E-state index in [4.69, 9.17) is 0 Å². The summed E-state index contributed by atoms with van der Waals surface area (Å²) in [5.41, 5.74) is 1.76. The topological polar surface area (TPSA) is 71.5 Å². The lowest BCUT2D eigenvalue weighted by molar-refractivity contribution is -0.113. The van der Waals surface area contributed by atoms with Crippen LogP contribution in [0.4, 0.5) is 5.69 Å². The summed E-state index contributed by atoms with van der Waals surface area (Å²) in [4.78, 5) is 24.1. The van der Waals surface area contributed by atoms with E-state index in [1.807, 2.05) is 6.07 Å². The van der Waals surface area contributed by atoms with E-state index in [0.717, 1.165) is 11.1 Å². The summed E-state index contributed by atoms with van der Waals surface area (Å²) >= 11 is 0. The Morgan fingerprint density at radius 1 is 0.909 bits per heavy atom. The van der Waals surface area contributed by atoms with Crippen LogP contribution in [0.1, 0.15) is 21.5 Å².